The first kappa shape index (κ1) is 23.0. The van der Waals surface area contributed by atoms with Gasteiger partial charge in [-0.1, -0.05) is 24.8 Å². The fourth-order valence-corrected chi connectivity index (χ4v) is 6.25. The Bertz CT molecular complexity index is 1030. The van der Waals surface area contributed by atoms with Gasteiger partial charge in [0.2, 0.25) is 5.95 Å². The van der Waals surface area contributed by atoms with Crippen molar-refractivity contribution in [3.05, 3.63) is 40.9 Å². The lowest BCUT2D eigenvalue weighted by molar-refractivity contribution is -0.0259. The molecular weight excluding hydrogens is 426 g/mol. The standard InChI is InChI=1S/C23H31N5O3S/c1-5-13-9-17(32-16-6-7-25-11(2)18(13)16)19-12(3)26-23(24)28-22(19)27-15-8-14(10-29)21(31-4)20(15)30/h6-7,9,13-15,20-21,29-30H,5,8,10H2,1-4H3,(H3,24,26,27,28). The number of nitrogens with zero attached hydrogens (tertiary/aromatic N) is 3. The van der Waals surface area contributed by atoms with Gasteiger partial charge in [0.15, 0.2) is 0 Å². The number of hydrogen-bond donors (Lipinski definition) is 4. The van der Waals surface area contributed by atoms with Gasteiger partial charge in [0.05, 0.1) is 23.4 Å². The summed E-state index contributed by atoms with van der Waals surface area (Å²) >= 11 is 1.68. The van der Waals surface area contributed by atoms with E-state index in [9.17, 15) is 10.2 Å². The fraction of sp³-hybridized carbons (Fsp3) is 0.522. The van der Waals surface area contributed by atoms with Gasteiger partial charge < -0.3 is 26.0 Å². The predicted molar refractivity (Wildman–Crippen MR) is 126 cm³/mol. The first-order chi connectivity index (χ1) is 15.4. The van der Waals surface area contributed by atoms with E-state index in [2.05, 4.69) is 46.3 Å². The van der Waals surface area contributed by atoms with Crippen LogP contribution in [0.15, 0.2) is 23.2 Å². The van der Waals surface area contributed by atoms with E-state index in [-0.39, 0.29) is 30.4 Å². The summed E-state index contributed by atoms with van der Waals surface area (Å²) in [5, 5.41) is 23.9. The number of aliphatic hydroxyl groups excluding tert-OH is 2. The molecule has 1 saturated carbocycles. The van der Waals surface area contributed by atoms with E-state index in [0.29, 0.717) is 12.2 Å². The minimum absolute atomic E-state index is 0.0467. The molecule has 32 heavy (non-hydrogen) atoms. The molecule has 172 valence electrons. The van der Waals surface area contributed by atoms with Crippen LogP contribution >= 0.6 is 11.8 Å². The van der Waals surface area contributed by atoms with E-state index in [1.54, 1.807) is 18.9 Å². The largest absolute Gasteiger partial charge is 0.396 e. The molecular formula is C23H31N5O3S. The van der Waals surface area contributed by atoms with Crippen molar-refractivity contribution < 1.29 is 14.9 Å². The second-order valence-electron chi connectivity index (χ2n) is 8.47. The first-order valence-corrected chi connectivity index (χ1v) is 11.8. The number of allylic oxidation sites excluding steroid dienone is 1. The zero-order valence-corrected chi connectivity index (χ0v) is 19.7. The molecule has 0 bridgehead atoms. The second kappa shape index (κ2) is 9.35. The quantitative estimate of drug-likeness (QED) is 0.518. The highest BCUT2D eigenvalue weighted by Gasteiger charge is 2.43. The Morgan fingerprint density at radius 3 is 2.72 bits per heavy atom. The molecule has 1 aliphatic carbocycles. The number of aryl methyl sites for hydroxylation is 2. The molecule has 5 atom stereocenters. The zero-order chi connectivity index (χ0) is 23.0. The van der Waals surface area contributed by atoms with Gasteiger partial charge in [-0.3, -0.25) is 4.98 Å². The zero-order valence-electron chi connectivity index (χ0n) is 18.9. The molecule has 0 saturated heterocycles. The summed E-state index contributed by atoms with van der Waals surface area (Å²) in [5.74, 6) is 0.868. The maximum Gasteiger partial charge on any atom is 0.222 e. The Morgan fingerprint density at radius 1 is 1.28 bits per heavy atom. The SMILES string of the molecule is CCC1C=C(c2c(C)nc(N)nc2NC2CC(CO)C(OC)C2O)Sc2ccnc(C)c21. The lowest BCUT2D eigenvalue weighted by atomic mass is 9.93. The topological polar surface area (TPSA) is 126 Å². The highest BCUT2D eigenvalue weighted by molar-refractivity contribution is 8.08. The summed E-state index contributed by atoms with van der Waals surface area (Å²) in [6, 6.07) is 1.73. The molecule has 4 rings (SSSR count). The lowest BCUT2D eigenvalue weighted by Gasteiger charge is -2.27. The number of nitrogens with two attached hydrogens (primary N) is 1. The molecule has 0 aromatic carbocycles. The minimum atomic E-state index is -0.771. The molecule has 2 aromatic heterocycles. The van der Waals surface area contributed by atoms with Gasteiger partial charge in [-0.2, -0.15) is 4.98 Å². The third-order valence-corrected chi connectivity index (χ3v) is 7.62. The maximum atomic E-state index is 10.8. The number of aliphatic hydroxyl groups is 2. The molecule has 1 fully saturated rings. The number of thioether (sulfide) groups is 1. The fourth-order valence-electron chi connectivity index (χ4n) is 4.90. The number of nitrogen functional groups attached to an aromatic ring is 1. The van der Waals surface area contributed by atoms with E-state index in [0.717, 1.165) is 28.3 Å². The first-order valence-electron chi connectivity index (χ1n) is 11.0. The summed E-state index contributed by atoms with van der Waals surface area (Å²) in [6.45, 7) is 6.10. The van der Waals surface area contributed by atoms with Crippen molar-refractivity contribution in [3.63, 3.8) is 0 Å². The van der Waals surface area contributed by atoms with Crippen molar-refractivity contribution in [2.45, 2.75) is 62.7 Å². The average molecular weight is 458 g/mol. The molecule has 0 spiro atoms. The van der Waals surface area contributed by atoms with Crippen molar-refractivity contribution in [2.24, 2.45) is 5.92 Å². The van der Waals surface area contributed by atoms with E-state index >= 15 is 0 Å². The van der Waals surface area contributed by atoms with Crippen molar-refractivity contribution >= 4 is 28.4 Å². The Balaban J connectivity index is 1.73. The number of nitrogens with one attached hydrogen (secondary N) is 1. The third kappa shape index (κ3) is 4.10. The lowest BCUT2D eigenvalue weighted by Crippen LogP contribution is -2.37. The van der Waals surface area contributed by atoms with Crippen LogP contribution in [0.3, 0.4) is 0 Å². The molecule has 5 unspecified atom stereocenters. The third-order valence-electron chi connectivity index (χ3n) is 6.48. The van der Waals surface area contributed by atoms with Crippen molar-refractivity contribution in [2.75, 3.05) is 24.8 Å². The number of fused-ring (bicyclic) bond motifs is 1. The van der Waals surface area contributed by atoms with Crippen LogP contribution in [0.25, 0.3) is 4.91 Å². The van der Waals surface area contributed by atoms with Crippen LogP contribution in [0.1, 0.15) is 48.2 Å². The van der Waals surface area contributed by atoms with E-state index in [1.807, 2.05) is 13.1 Å². The van der Waals surface area contributed by atoms with E-state index in [1.165, 1.54) is 10.5 Å². The normalized spacial score (nSPS) is 27.2. The molecule has 1 aliphatic heterocycles. The van der Waals surface area contributed by atoms with Crippen molar-refractivity contribution in [3.8, 4) is 0 Å². The molecule has 8 nitrogen and oxygen atoms in total. The summed E-state index contributed by atoms with van der Waals surface area (Å²) in [6.07, 6.45) is 4.42. The van der Waals surface area contributed by atoms with Crippen LogP contribution in [0.5, 0.6) is 0 Å². The van der Waals surface area contributed by atoms with Gasteiger partial charge >= 0.3 is 0 Å². The molecule has 9 heteroatoms. The average Bonchev–Trinajstić information content (AvgIpc) is 3.07. The Morgan fingerprint density at radius 2 is 2.06 bits per heavy atom. The number of methoxy groups -OCH3 is 1. The van der Waals surface area contributed by atoms with Crippen LogP contribution in [-0.4, -0.2) is 57.1 Å². The molecule has 2 aliphatic rings. The van der Waals surface area contributed by atoms with Crippen LogP contribution in [0.4, 0.5) is 11.8 Å². The molecule has 0 radical (unpaired) electrons. The highest BCUT2D eigenvalue weighted by atomic mass is 32.2. The summed E-state index contributed by atoms with van der Waals surface area (Å²) in [5.41, 5.74) is 9.98. The molecule has 3 heterocycles. The van der Waals surface area contributed by atoms with Gasteiger partial charge in [-0.15, -0.1) is 0 Å². The van der Waals surface area contributed by atoms with Gasteiger partial charge in [0.25, 0.3) is 0 Å². The van der Waals surface area contributed by atoms with Crippen molar-refractivity contribution in [1.29, 1.82) is 0 Å². The summed E-state index contributed by atoms with van der Waals surface area (Å²) in [7, 11) is 1.56. The molecule has 2 aromatic rings. The van der Waals surface area contributed by atoms with Gasteiger partial charge in [0.1, 0.15) is 11.9 Å². The number of hydrogen-bond acceptors (Lipinski definition) is 9. The monoisotopic (exact) mass is 457 g/mol. The predicted octanol–water partition coefficient (Wildman–Crippen LogP) is 2.88. The van der Waals surface area contributed by atoms with Crippen LogP contribution in [0, 0.1) is 19.8 Å². The van der Waals surface area contributed by atoms with Gasteiger partial charge in [-0.25, -0.2) is 4.98 Å². The second-order valence-corrected chi connectivity index (χ2v) is 9.55. The molecule has 0 amide bonds. The Kier molecular flexibility index (Phi) is 6.71. The highest BCUT2D eigenvalue weighted by Crippen LogP contribution is 2.48. The minimum Gasteiger partial charge on any atom is -0.396 e. The Hall–Kier alpha value is -2.20. The van der Waals surface area contributed by atoms with Gasteiger partial charge in [-0.05, 0) is 38.3 Å². The number of anilines is 2. The van der Waals surface area contributed by atoms with Crippen LogP contribution in [0.2, 0.25) is 0 Å². The van der Waals surface area contributed by atoms with Crippen LogP contribution < -0.4 is 11.1 Å². The summed E-state index contributed by atoms with van der Waals surface area (Å²) < 4.78 is 5.44. The summed E-state index contributed by atoms with van der Waals surface area (Å²) in [4.78, 5) is 15.7. The number of aromatic nitrogens is 3. The molecule has 5 N–H and O–H groups in total. The number of pyridine rings is 1. The van der Waals surface area contributed by atoms with Crippen LogP contribution in [-0.2, 0) is 4.74 Å². The van der Waals surface area contributed by atoms with Gasteiger partial charge in [0, 0.05) is 47.2 Å². The smallest absolute Gasteiger partial charge is 0.222 e. The Labute approximate surface area is 192 Å². The van der Waals surface area contributed by atoms with Crippen molar-refractivity contribution in [1.82, 2.24) is 15.0 Å². The van der Waals surface area contributed by atoms with E-state index < -0.39 is 12.2 Å². The van der Waals surface area contributed by atoms with E-state index in [4.69, 9.17) is 10.5 Å². The number of rotatable bonds is 6. The maximum absolute atomic E-state index is 10.8. The number of ether oxygens (including phenoxy) is 1.